The number of carbonyl (C=O) groups excluding carboxylic acids is 2. The number of nitrogens with zero attached hydrogens (tertiary/aromatic N) is 1. The molecule has 1 aromatic rings. The van der Waals surface area contributed by atoms with Gasteiger partial charge in [0.05, 0.1) is 0 Å². The molecule has 1 aliphatic rings. The molecule has 1 aliphatic heterocycles. The standard InChI is InChI=1S/C11H11BrN2O2/c1-2-14-10(15)9(13-11(14)16)7-5-3-4-6-8(7)12/h3-6,9H,2H2,1H3,(H,13,16). The van der Waals surface area contributed by atoms with E-state index in [1.807, 2.05) is 24.3 Å². The number of imide groups is 1. The molecule has 1 N–H and O–H groups in total. The number of hydrogen-bond acceptors (Lipinski definition) is 2. The first kappa shape index (κ1) is 11.1. The minimum absolute atomic E-state index is 0.195. The lowest BCUT2D eigenvalue weighted by Gasteiger charge is -2.11. The van der Waals surface area contributed by atoms with Crippen LogP contribution in [-0.2, 0) is 4.79 Å². The lowest BCUT2D eigenvalue weighted by atomic mass is 10.1. The third kappa shape index (κ3) is 1.71. The van der Waals surface area contributed by atoms with Crippen molar-refractivity contribution in [2.24, 2.45) is 0 Å². The number of hydrogen-bond donors (Lipinski definition) is 1. The zero-order valence-electron chi connectivity index (χ0n) is 8.74. The summed E-state index contributed by atoms with van der Waals surface area (Å²) < 4.78 is 0.826. The minimum atomic E-state index is -0.567. The largest absolute Gasteiger partial charge is 0.325 e. The van der Waals surface area contributed by atoms with Crippen LogP contribution >= 0.6 is 15.9 Å². The Morgan fingerprint density at radius 2 is 2.06 bits per heavy atom. The van der Waals surface area contributed by atoms with Crippen molar-refractivity contribution in [2.75, 3.05) is 6.54 Å². The molecule has 0 bridgehead atoms. The summed E-state index contributed by atoms with van der Waals surface area (Å²) in [7, 11) is 0. The van der Waals surface area contributed by atoms with Crippen molar-refractivity contribution in [2.45, 2.75) is 13.0 Å². The Hall–Kier alpha value is -1.36. The predicted molar refractivity (Wildman–Crippen MR) is 62.8 cm³/mol. The summed E-state index contributed by atoms with van der Waals surface area (Å²) in [6.45, 7) is 2.17. The molecule has 1 unspecified atom stereocenters. The summed E-state index contributed by atoms with van der Waals surface area (Å²) in [4.78, 5) is 24.6. The van der Waals surface area contributed by atoms with Gasteiger partial charge in [-0.05, 0) is 18.6 Å². The van der Waals surface area contributed by atoms with Crippen molar-refractivity contribution in [3.05, 3.63) is 34.3 Å². The number of urea groups is 1. The third-order valence-corrected chi connectivity index (χ3v) is 3.28. The highest BCUT2D eigenvalue weighted by atomic mass is 79.9. The fraction of sp³-hybridized carbons (Fsp3) is 0.273. The average molecular weight is 283 g/mol. The van der Waals surface area contributed by atoms with Gasteiger partial charge in [-0.25, -0.2) is 4.79 Å². The number of amides is 3. The molecule has 1 aromatic carbocycles. The van der Waals surface area contributed by atoms with Gasteiger partial charge in [-0.15, -0.1) is 0 Å². The first-order chi connectivity index (χ1) is 7.65. The number of rotatable bonds is 2. The molecule has 1 heterocycles. The second-order valence-electron chi connectivity index (χ2n) is 3.49. The predicted octanol–water partition coefficient (Wildman–Crippen LogP) is 2.06. The van der Waals surface area contributed by atoms with Crippen molar-refractivity contribution in [1.82, 2.24) is 10.2 Å². The number of benzene rings is 1. The van der Waals surface area contributed by atoms with Gasteiger partial charge in [-0.1, -0.05) is 34.1 Å². The smallest absolute Gasteiger partial charge is 0.322 e. The summed E-state index contributed by atoms with van der Waals surface area (Å²) in [5.74, 6) is -0.195. The van der Waals surface area contributed by atoms with Crippen molar-refractivity contribution < 1.29 is 9.59 Å². The van der Waals surface area contributed by atoms with Gasteiger partial charge in [-0.2, -0.15) is 0 Å². The van der Waals surface area contributed by atoms with Crippen molar-refractivity contribution in [1.29, 1.82) is 0 Å². The Labute approximate surface area is 102 Å². The maximum absolute atomic E-state index is 11.9. The van der Waals surface area contributed by atoms with Gasteiger partial charge in [0.2, 0.25) is 0 Å². The van der Waals surface area contributed by atoms with Crippen LogP contribution in [0.5, 0.6) is 0 Å². The Balaban J connectivity index is 2.34. The van der Waals surface area contributed by atoms with E-state index in [4.69, 9.17) is 0 Å². The van der Waals surface area contributed by atoms with E-state index >= 15 is 0 Å². The maximum Gasteiger partial charge on any atom is 0.325 e. The van der Waals surface area contributed by atoms with E-state index < -0.39 is 6.04 Å². The Bertz CT molecular complexity index is 447. The molecule has 16 heavy (non-hydrogen) atoms. The van der Waals surface area contributed by atoms with E-state index in [9.17, 15) is 9.59 Å². The molecule has 0 aromatic heterocycles. The maximum atomic E-state index is 11.9. The number of carbonyl (C=O) groups is 2. The Morgan fingerprint density at radius 1 is 1.38 bits per heavy atom. The summed E-state index contributed by atoms with van der Waals surface area (Å²) in [5.41, 5.74) is 0.789. The van der Waals surface area contributed by atoms with Crippen LogP contribution in [0, 0.1) is 0 Å². The van der Waals surface area contributed by atoms with Crippen LogP contribution in [0.3, 0.4) is 0 Å². The summed E-state index contributed by atoms with van der Waals surface area (Å²) >= 11 is 3.37. The monoisotopic (exact) mass is 282 g/mol. The van der Waals surface area contributed by atoms with Crippen LogP contribution in [0.4, 0.5) is 4.79 Å². The molecule has 5 heteroatoms. The van der Waals surface area contributed by atoms with Gasteiger partial charge in [-0.3, -0.25) is 9.69 Å². The van der Waals surface area contributed by atoms with Crippen LogP contribution < -0.4 is 5.32 Å². The second-order valence-corrected chi connectivity index (χ2v) is 4.34. The molecular weight excluding hydrogens is 272 g/mol. The molecule has 0 radical (unpaired) electrons. The van der Waals surface area contributed by atoms with Crippen LogP contribution in [0.15, 0.2) is 28.7 Å². The molecule has 84 valence electrons. The lowest BCUT2D eigenvalue weighted by Crippen LogP contribution is -2.30. The highest BCUT2D eigenvalue weighted by Gasteiger charge is 2.38. The second kappa shape index (κ2) is 4.25. The highest BCUT2D eigenvalue weighted by molar-refractivity contribution is 9.10. The van der Waals surface area contributed by atoms with E-state index in [0.717, 1.165) is 10.0 Å². The SMILES string of the molecule is CCN1C(=O)NC(c2ccccc2Br)C1=O. The lowest BCUT2D eigenvalue weighted by molar-refractivity contribution is -0.127. The van der Waals surface area contributed by atoms with E-state index in [-0.39, 0.29) is 11.9 Å². The normalized spacial score (nSPS) is 20.1. The van der Waals surface area contributed by atoms with Gasteiger partial charge in [0.15, 0.2) is 0 Å². The van der Waals surface area contributed by atoms with E-state index in [1.54, 1.807) is 6.92 Å². The van der Waals surface area contributed by atoms with E-state index in [2.05, 4.69) is 21.2 Å². The van der Waals surface area contributed by atoms with Gasteiger partial charge < -0.3 is 5.32 Å². The molecule has 3 amide bonds. The van der Waals surface area contributed by atoms with Crippen LogP contribution in [0.1, 0.15) is 18.5 Å². The van der Waals surface area contributed by atoms with Gasteiger partial charge in [0, 0.05) is 11.0 Å². The highest BCUT2D eigenvalue weighted by Crippen LogP contribution is 2.27. The first-order valence-corrected chi connectivity index (χ1v) is 5.80. The quantitative estimate of drug-likeness (QED) is 0.845. The summed E-state index contributed by atoms with van der Waals surface area (Å²) in [5, 5.41) is 2.67. The van der Waals surface area contributed by atoms with Crippen molar-refractivity contribution >= 4 is 27.9 Å². The van der Waals surface area contributed by atoms with Gasteiger partial charge >= 0.3 is 6.03 Å². The summed E-state index contributed by atoms with van der Waals surface area (Å²) in [6, 6.07) is 6.49. The summed E-state index contributed by atoms with van der Waals surface area (Å²) in [6.07, 6.45) is 0. The molecule has 0 aliphatic carbocycles. The average Bonchev–Trinajstić information content (AvgIpc) is 2.55. The minimum Gasteiger partial charge on any atom is -0.322 e. The first-order valence-electron chi connectivity index (χ1n) is 5.01. The van der Waals surface area contributed by atoms with Crippen LogP contribution in [0.2, 0.25) is 0 Å². The molecule has 1 atom stereocenters. The van der Waals surface area contributed by atoms with Gasteiger partial charge in [0.25, 0.3) is 5.91 Å². The Kier molecular flexibility index (Phi) is 2.96. The van der Waals surface area contributed by atoms with Gasteiger partial charge in [0.1, 0.15) is 6.04 Å². The zero-order chi connectivity index (χ0) is 11.7. The topological polar surface area (TPSA) is 49.4 Å². The van der Waals surface area contributed by atoms with Crippen molar-refractivity contribution in [3.8, 4) is 0 Å². The third-order valence-electron chi connectivity index (χ3n) is 2.56. The van der Waals surface area contributed by atoms with E-state index in [1.165, 1.54) is 4.90 Å². The zero-order valence-corrected chi connectivity index (χ0v) is 10.3. The fourth-order valence-corrected chi connectivity index (χ4v) is 2.25. The Morgan fingerprint density at radius 3 is 2.62 bits per heavy atom. The molecule has 4 nitrogen and oxygen atoms in total. The molecule has 0 spiro atoms. The van der Waals surface area contributed by atoms with Crippen molar-refractivity contribution in [3.63, 3.8) is 0 Å². The molecule has 1 fully saturated rings. The molecule has 1 saturated heterocycles. The molecular formula is C11H11BrN2O2. The van der Waals surface area contributed by atoms with E-state index in [0.29, 0.717) is 6.54 Å². The van der Waals surface area contributed by atoms with Crippen LogP contribution in [-0.4, -0.2) is 23.4 Å². The fourth-order valence-electron chi connectivity index (χ4n) is 1.74. The molecule has 0 saturated carbocycles. The van der Waals surface area contributed by atoms with Crippen LogP contribution in [0.25, 0.3) is 0 Å². The number of halogens is 1. The number of nitrogens with one attached hydrogen (secondary N) is 1. The molecule has 2 rings (SSSR count). The number of likely N-dealkylation sites (N-methyl/N-ethyl adjacent to an activating group) is 1.